The van der Waals surface area contributed by atoms with Gasteiger partial charge in [0.1, 0.15) is 16.7 Å². The third kappa shape index (κ3) is 2.53. The molecular formula is C17H12O5S. The normalized spacial score (nSPS) is 10.7. The molecule has 0 saturated carbocycles. The highest BCUT2D eigenvalue weighted by molar-refractivity contribution is 7.79. The third-order valence-electron chi connectivity index (χ3n) is 3.46. The summed E-state index contributed by atoms with van der Waals surface area (Å²) in [5, 5.41) is 21.4. The molecule has 0 bridgehead atoms. The summed E-state index contributed by atoms with van der Waals surface area (Å²) >= 11 is 4.85. The zero-order valence-corrected chi connectivity index (χ0v) is 12.9. The molecule has 116 valence electrons. The van der Waals surface area contributed by atoms with E-state index in [1.165, 1.54) is 19.2 Å². The first kappa shape index (κ1) is 15.1. The van der Waals surface area contributed by atoms with Gasteiger partial charge >= 0.3 is 0 Å². The van der Waals surface area contributed by atoms with Crippen LogP contribution in [0.2, 0.25) is 0 Å². The van der Waals surface area contributed by atoms with Gasteiger partial charge in [0.2, 0.25) is 5.75 Å². The third-order valence-corrected chi connectivity index (χ3v) is 3.73. The maximum Gasteiger partial charge on any atom is 0.203 e. The first-order chi connectivity index (χ1) is 11.0. The number of rotatable bonds is 3. The minimum atomic E-state index is -0.446. The highest BCUT2D eigenvalue weighted by Gasteiger charge is 2.18. The van der Waals surface area contributed by atoms with Crippen LogP contribution in [-0.2, 0) is 0 Å². The van der Waals surface area contributed by atoms with Crippen LogP contribution in [0.15, 0.2) is 45.6 Å². The van der Waals surface area contributed by atoms with Gasteiger partial charge in [0, 0.05) is 23.1 Å². The molecule has 2 N–H and O–H groups in total. The molecule has 3 rings (SSSR count). The van der Waals surface area contributed by atoms with Crippen molar-refractivity contribution in [3.8, 4) is 28.6 Å². The second-order valence-electron chi connectivity index (χ2n) is 4.87. The number of aromatic hydroxyl groups is 2. The SMILES string of the molecule is COc1c(O)cc2oc(-c3ccc(C=S)cc3)cc(=O)c2c1O. The van der Waals surface area contributed by atoms with Gasteiger partial charge in [0.05, 0.1) is 7.11 Å². The highest BCUT2D eigenvalue weighted by Crippen LogP contribution is 2.41. The lowest BCUT2D eigenvalue weighted by molar-refractivity contribution is 0.346. The number of hydrogen-bond donors (Lipinski definition) is 2. The molecule has 1 aromatic heterocycles. The van der Waals surface area contributed by atoms with Crippen LogP contribution >= 0.6 is 12.2 Å². The summed E-state index contributed by atoms with van der Waals surface area (Å²) < 4.78 is 10.5. The fraction of sp³-hybridized carbons (Fsp3) is 0.0588. The smallest absolute Gasteiger partial charge is 0.203 e. The highest BCUT2D eigenvalue weighted by atomic mass is 32.1. The molecule has 6 heteroatoms. The lowest BCUT2D eigenvalue weighted by Crippen LogP contribution is -2.02. The number of hydrogen-bond acceptors (Lipinski definition) is 6. The number of benzene rings is 2. The Morgan fingerprint density at radius 2 is 1.87 bits per heavy atom. The molecule has 0 spiro atoms. The molecule has 0 aliphatic carbocycles. The van der Waals surface area contributed by atoms with Crippen molar-refractivity contribution in [1.29, 1.82) is 0 Å². The second kappa shape index (κ2) is 5.73. The van der Waals surface area contributed by atoms with Gasteiger partial charge in [-0.15, -0.1) is 0 Å². The summed E-state index contributed by atoms with van der Waals surface area (Å²) in [6, 6.07) is 9.66. The van der Waals surface area contributed by atoms with E-state index in [-0.39, 0.29) is 22.5 Å². The summed E-state index contributed by atoms with van der Waals surface area (Å²) in [6.45, 7) is 0. The minimum Gasteiger partial charge on any atom is -0.504 e. The van der Waals surface area contributed by atoms with E-state index in [1.807, 2.05) is 0 Å². The Balaban J connectivity index is 2.25. The van der Waals surface area contributed by atoms with Gasteiger partial charge in [0.15, 0.2) is 16.9 Å². The summed E-state index contributed by atoms with van der Waals surface area (Å²) in [5.41, 5.74) is 1.18. The van der Waals surface area contributed by atoms with E-state index in [2.05, 4.69) is 0 Å². The molecule has 23 heavy (non-hydrogen) atoms. The van der Waals surface area contributed by atoms with E-state index in [9.17, 15) is 15.0 Å². The Bertz CT molecular complexity index is 957. The van der Waals surface area contributed by atoms with E-state index < -0.39 is 11.2 Å². The molecule has 0 radical (unpaired) electrons. The largest absolute Gasteiger partial charge is 0.504 e. The zero-order valence-electron chi connectivity index (χ0n) is 12.1. The van der Waals surface area contributed by atoms with Crippen molar-refractivity contribution in [2.24, 2.45) is 0 Å². The van der Waals surface area contributed by atoms with Crippen LogP contribution in [0.4, 0.5) is 0 Å². The lowest BCUT2D eigenvalue weighted by atomic mass is 10.1. The van der Waals surface area contributed by atoms with Gasteiger partial charge in [-0.2, -0.15) is 0 Å². The predicted octanol–water partition coefficient (Wildman–Crippen LogP) is 3.23. The Hall–Kier alpha value is -2.86. The standard InChI is InChI=1S/C17H12O5S/c1-21-17-12(19)7-14-15(16(17)20)11(18)6-13(22-14)10-4-2-9(8-23)3-5-10/h2-8,19-20H,1H3. The Labute approximate surface area is 136 Å². The van der Waals surface area contributed by atoms with Crippen LogP contribution in [0, 0.1) is 0 Å². The van der Waals surface area contributed by atoms with Crippen molar-refractivity contribution in [2.45, 2.75) is 0 Å². The molecule has 2 aromatic carbocycles. The molecule has 0 atom stereocenters. The number of ether oxygens (including phenoxy) is 1. The van der Waals surface area contributed by atoms with Crippen molar-refractivity contribution in [3.05, 3.63) is 52.2 Å². The van der Waals surface area contributed by atoms with Crippen LogP contribution < -0.4 is 10.2 Å². The molecule has 0 saturated heterocycles. The second-order valence-corrected chi connectivity index (χ2v) is 5.10. The molecule has 0 fully saturated rings. The summed E-state index contributed by atoms with van der Waals surface area (Å²) in [5.74, 6) is -0.599. The van der Waals surface area contributed by atoms with E-state index in [0.717, 1.165) is 5.56 Å². The van der Waals surface area contributed by atoms with E-state index >= 15 is 0 Å². The average molecular weight is 328 g/mol. The first-order valence-corrected chi connectivity index (χ1v) is 7.14. The number of thiocarbonyl (C=S) groups is 1. The fourth-order valence-electron chi connectivity index (χ4n) is 2.34. The van der Waals surface area contributed by atoms with E-state index in [4.69, 9.17) is 21.4 Å². The summed E-state index contributed by atoms with van der Waals surface area (Å²) in [6.07, 6.45) is 0. The molecule has 1 heterocycles. The number of fused-ring (bicyclic) bond motifs is 1. The van der Waals surface area contributed by atoms with Crippen molar-refractivity contribution in [2.75, 3.05) is 7.11 Å². The molecular weight excluding hydrogens is 316 g/mol. The van der Waals surface area contributed by atoms with Crippen LogP contribution in [0.1, 0.15) is 5.56 Å². The Morgan fingerprint density at radius 3 is 2.48 bits per heavy atom. The number of phenolic OH excluding ortho intramolecular Hbond substituents is 2. The minimum absolute atomic E-state index is 0.0427. The van der Waals surface area contributed by atoms with Crippen molar-refractivity contribution >= 4 is 28.6 Å². The van der Waals surface area contributed by atoms with Crippen molar-refractivity contribution < 1.29 is 19.4 Å². The van der Waals surface area contributed by atoms with Gasteiger partial charge in [0.25, 0.3) is 0 Å². The van der Waals surface area contributed by atoms with E-state index in [0.29, 0.717) is 11.3 Å². The molecule has 3 aromatic rings. The Kier molecular flexibility index (Phi) is 3.75. The number of phenols is 2. The van der Waals surface area contributed by atoms with Gasteiger partial charge in [-0.3, -0.25) is 4.79 Å². The quantitative estimate of drug-likeness (QED) is 0.719. The topological polar surface area (TPSA) is 79.9 Å². The molecule has 0 amide bonds. The fourth-order valence-corrected chi connectivity index (χ4v) is 2.50. The van der Waals surface area contributed by atoms with Crippen LogP contribution in [-0.4, -0.2) is 22.7 Å². The number of methoxy groups -OCH3 is 1. The van der Waals surface area contributed by atoms with Gasteiger partial charge < -0.3 is 19.4 Å². The summed E-state index contributed by atoms with van der Waals surface area (Å²) in [7, 11) is 1.29. The van der Waals surface area contributed by atoms with Crippen LogP contribution in [0.5, 0.6) is 17.2 Å². The summed E-state index contributed by atoms with van der Waals surface area (Å²) in [4.78, 5) is 12.3. The van der Waals surface area contributed by atoms with E-state index in [1.54, 1.807) is 29.6 Å². The monoisotopic (exact) mass is 328 g/mol. The van der Waals surface area contributed by atoms with Gasteiger partial charge in [-0.25, -0.2) is 0 Å². The van der Waals surface area contributed by atoms with Gasteiger partial charge in [-0.05, 0) is 5.56 Å². The Morgan fingerprint density at radius 1 is 1.17 bits per heavy atom. The molecule has 5 nitrogen and oxygen atoms in total. The zero-order chi connectivity index (χ0) is 16.6. The lowest BCUT2D eigenvalue weighted by Gasteiger charge is -2.09. The maximum atomic E-state index is 12.3. The van der Waals surface area contributed by atoms with Crippen LogP contribution in [0.3, 0.4) is 0 Å². The maximum absolute atomic E-state index is 12.3. The molecule has 0 aliphatic rings. The van der Waals surface area contributed by atoms with Crippen molar-refractivity contribution in [1.82, 2.24) is 0 Å². The predicted molar refractivity (Wildman–Crippen MR) is 90.6 cm³/mol. The van der Waals surface area contributed by atoms with Crippen LogP contribution in [0.25, 0.3) is 22.3 Å². The molecule has 0 aliphatic heterocycles. The van der Waals surface area contributed by atoms with Crippen molar-refractivity contribution in [3.63, 3.8) is 0 Å². The first-order valence-electron chi connectivity index (χ1n) is 6.67. The van der Waals surface area contributed by atoms with Gasteiger partial charge in [-0.1, -0.05) is 36.5 Å². The molecule has 0 unspecified atom stereocenters. The average Bonchev–Trinajstić information content (AvgIpc) is 2.54.